The molecule has 0 aliphatic carbocycles. The second-order valence-electron chi connectivity index (χ2n) is 6.46. The number of rotatable bonds is 6. The van der Waals surface area contributed by atoms with Crippen LogP contribution in [-0.2, 0) is 16.6 Å². The summed E-state index contributed by atoms with van der Waals surface area (Å²) in [4.78, 5) is 16.6. The Morgan fingerprint density at radius 1 is 1.00 bits per heavy atom. The lowest BCUT2D eigenvalue weighted by atomic mass is 10.1. The van der Waals surface area contributed by atoms with E-state index in [1.165, 1.54) is 12.1 Å². The number of carbonyl (C=O) groups is 1. The molecule has 0 fully saturated rings. The Hall–Kier alpha value is -3.19. The Balaban J connectivity index is 1.77. The lowest BCUT2D eigenvalue weighted by molar-refractivity contribution is 0.0950. The van der Waals surface area contributed by atoms with Crippen LogP contribution < -0.4 is 10.0 Å². The summed E-state index contributed by atoms with van der Waals surface area (Å²) < 4.78 is 28.1. The molecule has 1 aromatic heterocycles. The molecule has 1 amide bonds. The molecule has 0 spiro atoms. The van der Waals surface area contributed by atoms with Crippen molar-refractivity contribution in [1.29, 1.82) is 0 Å². The van der Waals surface area contributed by atoms with Gasteiger partial charge in [-0.25, -0.2) is 8.42 Å². The summed E-state index contributed by atoms with van der Waals surface area (Å²) in [5, 5.41) is 2.74. The zero-order valence-corrected chi connectivity index (χ0v) is 16.5. The summed E-state index contributed by atoms with van der Waals surface area (Å²) in [6.07, 6.45) is 1.65. The zero-order valence-electron chi connectivity index (χ0n) is 15.6. The Morgan fingerprint density at radius 2 is 1.82 bits per heavy atom. The van der Waals surface area contributed by atoms with E-state index < -0.39 is 10.0 Å². The molecule has 0 unspecified atom stereocenters. The molecule has 1 heterocycles. The van der Waals surface area contributed by atoms with Gasteiger partial charge in [-0.3, -0.25) is 14.5 Å². The maximum absolute atomic E-state index is 12.8. The van der Waals surface area contributed by atoms with E-state index in [0.717, 1.165) is 16.8 Å². The molecule has 3 aromatic rings. The first kappa shape index (κ1) is 19.6. The molecule has 2 aromatic carbocycles. The number of pyridine rings is 1. The summed E-state index contributed by atoms with van der Waals surface area (Å²) in [7, 11) is -3.82. The molecule has 0 atom stereocenters. The minimum absolute atomic E-state index is 0.0268. The number of anilines is 1. The van der Waals surface area contributed by atoms with Gasteiger partial charge in [-0.05, 0) is 61.4 Å². The number of sulfonamides is 1. The average molecular weight is 395 g/mol. The third-order valence-corrected chi connectivity index (χ3v) is 5.56. The second-order valence-corrected chi connectivity index (χ2v) is 8.14. The number of hydrogen-bond acceptors (Lipinski definition) is 4. The van der Waals surface area contributed by atoms with Gasteiger partial charge in [0.25, 0.3) is 15.9 Å². The molecule has 3 rings (SSSR count). The van der Waals surface area contributed by atoms with E-state index in [1.54, 1.807) is 36.5 Å². The lowest BCUT2D eigenvalue weighted by Crippen LogP contribution is -2.23. The Labute approximate surface area is 164 Å². The van der Waals surface area contributed by atoms with Crippen molar-refractivity contribution in [3.63, 3.8) is 0 Å². The maximum atomic E-state index is 12.8. The molecule has 7 heteroatoms. The van der Waals surface area contributed by atoms with Gasteiger partial charge < -0.3 is 5.32 Å². The van der Waals surface area contributed by atoms with Gasteiger partial charge in [-0.1, -0.05) is 24.3 Å². The van der Waals surface area contributed by atoms with Gasteiger partial charge in [-0.15, -0.1) is 0 Å². The standard InChI is InChI=1S/C21H21N3O3S/c1-15-9-10-16(2)20(12-15)24-28(26,27)19-8-5-6-17(13-19)21(25)23-14-18-7-3-4-11-22-18/h3-13,24H,14H2,1-2H3,(H,23,25). The van der Waals surface area contributed by atoms with Gasteiger partial charge in [0.15, 0.2) is 0 Å². The minimum atomic E-state index is -3.82. The number of nitrogens with zero attached hydrogens (tertiary/aromatic N) is 1. The first-order chi connectivity index (χ1) is 13.3. The highest BCUT2D eigenvalue weighted by Crippen LogP contribution is 2.21. The first-order valence-electron chi connectivity index (χ1n) is 8.73. The first-order valence-corrected chi connectivity index (χ1v) is 10.2. The molecule has 144 valence electrons. The molecular formula is C21H21N3O3S. The van der Waals surface area contributed by atoms with Gasteiger partial charge in [0, 0.05) is 11.8 Å². The van der Waals surface area contributed by atoms with Crippen molar-refractivity contribution in [3.8, 4) is 0 Å². The zero-order chi connectivity index (χ0) is 20.1. The highest BCUT2D eigenvalue weighted by molar-refractivity contribution is 7.92. The SMILES string of the molecule is Cc1ccc(C)c(NS(=O)(=O)c2cccc(C(=O)NCc3ccccn3)c2)c1. The molecule has 0 saturated carbocycles. The van der Waals surface area contributed by atoms with Crippen molar-refractivity contribution >= 4 is 21.6 Å². The number of amides is 1. The van der Waals surface area contributed by atoms with Crippen LogP contribution in [0.3, 0.4) is 0 Å². The number of aryl methyl sites for hydroxylation is 2. The van der Waals surface area contributed by atoms with Crippen LogP contribution in [0.2, 0.25) is 0 Å². The Bertz CT molecular complexity index is 1100. The predicted molar refractivity (Wildman–Crippen MR) is 109 cm³/mol. The molecule has 0 saturated heterocycles. The summed E-state index contributed by atoms with van der Waals surface area (Å²) in [5.74, 6) is -0.366. The van der Waals surface area contributed by atoms with E-state index in [0.29, 0.717) is 5.69 Å². The highest BCUT2D eigenvalue weighted by atomic mass is 32.2. The van der Waals surface area contributed by atoms with Crippen LogP contribution in [0.15, 0.2) is 71.8 Å². The fourth-order valence-electron chi connectivity index (χ4n) is 2.63. The van der Waals surface area contributed by atoms with Gasteiger partial charge >= 0.3 is 0 Å². The fourth-order valence-corrected chi connectivity index (χ4v) is 3.80. The molecule has 0 radical (unpaired) electrons. The number of benzene rings is 2. The van der Waals surface area contributed by atoms with Crippen molar-refractivity contribution in [2.45, 2.75) is 25.3 Å². The van der Waals surface area contributed by atoms with Crippen LogP contribution in [0.1, 0.15) is 27.2 Å². The molecule has 2 N–H and O–H groups in total. The van der Waals surface area contributed by atoms with Crippen molar-refractivity contribution < 1.29 is 13.2 Å². The second kappa shape index (κ2) is 8.22. The molecule has 6 nitrogen and oxygen atoms in total. The number of nitrogens with one attached hydrogen (secondary N) is 2. The normalized spacial score (nSPS) is 11.1. The van der Waals surface area contributed by atoms with Gasteiger partial charge in [-0.2, -0.15) is 0 Å². The van der Waals surface area contributed by atoms with Gasteiger partial charge in [0.2, 0.25) is 0 Å². The van der Waals surface area contributed by atoms with E-state index in [2.05, 4.69) is 15.0 Å². The van der Waals surface area contributed by atoms with Crippen molar-refractivity contribution in [2.24, 2.45) is 0 Å². The van der Waals surface area contributed by atoms with Gasteiger partial charge in [0.05, 0.1) is 22.8 Å². The summed E-state index contributed by atoms with van der Waals surface area (Å²) >= 11 is 0. The van der Waals surface area contributed by atoms with Crippen LogP contribution >= 0.6 is 0 Å². The van der Waals surface area contributed by atoms with E-state index in [-0.39, 0.29) is 22.9 Å². The predicted octanol–water partition coefficient (Wildman–Crippen LogP) is 3.43. The molecular weight excluding hydrogens is 374 g/mol. The van der Waals surface area contributed by atoms with E-state index in [9.17, 15) is 13.2 Å². The van der Waals surface area contributed by atoms with E-state index >= 15 is 0 Å². The Kier molecular flexibility index (Phi) is 5.75. The summed E-state index contributed by atoms with van der Waals surface area (Å²) in [5.41, 5.74) is 3.27. The summed E-state index contributed by atoms with van der Waals surface area (Å²) in [6.45, 7) is 3.99. The van der Waals surface area contributed by atoms with Crippen molar-refractivity contribution in [2.75, 3.05) is 4.72 Å². The number of aromatic nitrogens is 1. The van der Waals surface area contributed by atoms with Crippen molar-refractivity contribution in [1.82, 2.24) is 10.3 Å². The van der Waals surface area contributed by atoms with Crippen LogP contribution in [0.25, 0.3) is 0 Å². The van der Waals surface area contributed by atoms with Crippen LogP contribution in [0.5, 0.6) is 0 Å². The fraction of sp³-hybridized carbons (Fsp3) is 0.143. The molecule has 0 bridgehead atoms. The maximum Gasteiger partial charge on any atom is 0.261 e. The average Bonchev–Trinajstić information content (AvgIpc) is 2.69. The third kappa shape index (κ3) is 4.75. The van der Waals surface area contributed by atoms with Crippen LogP contribution in [0, 0.1) is 13.8 Å². The largest absolute Gasteiger partial charge is 0.346 e. The Morgan fingerprint density at radius 3 is 2.57 bits per heavy atom. The third-order valence-electron chi connectivity index (χ3n) is 4.20. The summed E-state index contributed by atoms with van der Waals surface area (Å²) in [6, 6.07) is 16.9. The minimum Gasteiger partial charge on any atom is -0.346 e. The number of hydrogen-bond donors (Lipinski definition) is 2. The quantitative estimate of drug-likeness (QED) is 0.669. The lowest BCUT2D eigenvalue weighted by Gasteiger charge is -2.12. The monoisotopic (exact) mass is 395 g/mol. The van der Waals surface area contributed by atoms with Gasteiger partial charge in [0.1, 0.15) is 0 Å². The van der Waals surface area contributed by atoms with Crippen molar-refractivity contribution in [3.05, 3.63) is 89.2 Å². The smallest absolute Gasteiger partial charge is 0.261 e. The van der Waals surface area contributed by atoms with Crippen LogP contribution in [-0.4, -0.2) is 19.3 Å². The van der Waals surface area contributed by atoms with E-state index in [1.807, 2.05) is 32.0 Å². The molecule has 28 heavy (non-hydrogen) atoms. The van der Waals surface area contributed by atoms with Crippen LogP contribution in [0.4, 0.5) is 5.69 Å². The molecule has 0 aliphatic rings. The topological polar surface area (TPSA) is 88.2 Å². The number of carbonyl (C=O) groups excluding carboxylic acids is 1. The van der Waals surface area contributed by atoms with E-state index in [4.69, 9.17) is 0 Å². The molecule has 0 aliphatic heterocycles. The highest BCUT2D eigenvalue weighted by Gasteiger charge is 2.17.